The van der Waals surface area contributed by atoms with E-state index in [9.17, 15) is 19.7 Å². The molecule has 154 valence electrons. The molecule has 1 aromatic carbocycles. The van der Waals surface area contributed by atoms with Crippen LogP contribution in [0.25, 0.3) is 0 Å². The Hall–Kier alpha value is -3.36. The number of anilines is 1. The molecule has 1 aliphatic rings. The summed E-state index contributed by atoms with van der Waals surface area (Å²) in [5, 5.41) is 14.1. The number of likely N-dealkylation sites (N-methyl/N-ethyl adjacent to an activating group) is 1. The average molecular weight is 400 g/mol. The van der Waals surface area contributed by atoms with Crippen molar-refractivity contribution >= 4 is 17.7 Å². The molecule has 0 spiro atoms. The van der Waals surface area contributed by atoms with Crippen molar-refractivity contribution in [3.63, 3.8) is 0 Å². The highest BCUT2D eigenvalue weighted by Gasteiger charge is 2.58. The number of nitrogens with one attached hydrogen (secondary N) is 1. The van der Waals surface area contributed by atoms with Gasteiger partial charge < -0.3 is 19.5 Å². The highest BCUT2D eigenvalue weighted by atomic mass is 16.6. The summed E-state index contributed by atoms with van der Waals surface area (Å²) in [4.78, 5) is 38.5. The van der Waals surface area contributed by atoms with E-state index in [-0.39, 0.29) is 5.91 Å². The van der Waals surface area contributed by atoms with E-state index in [1.165, 1.54) is 4.90 Å². The highest BCUT2D eigenvalue weighted by molar-refractivity contribution is 6.08. The molecule has 2 atom stereocenters. The number of nitrogens with zero attached hydrogens (tertiary/aromatic N) is 3. The third-order valence-corrected chi connectivity index (χ3v) is 4.85. The number of hydrogen-bond acceptors (Lipinski definition) is 5. The smallest absolute Gasteiger partial charge is 0.408 e. The predicted octanol–water partition coefficient (Wildman–Crippen LogP) is 2.38. The normalized spacial score (nSPS) is 19.6. The molecule has 1 N–H and O–H groups in total. The van der Waals surface area contributed by atoms with Crippen molar-refractivity contribution in [1.82, 2.24) is 9.88 Å². The van der Waals surface area contributed by atoms with Crippen LogP contribution in [0.5, 0.6) is 0 Å². The topological polar surface area (TPSA) is 107 Å². The number of carbonyl (C=O) groups is 2. The minimum atomic E-state index is -1.52. The van der Waals surface area contributed by atoms with E-state index >= 15 is 0 Å². The Morgan fingerprint density at radius 2 is 1.86 bits per heavy atom. The van der Waals surface area contributed by atoms with E-state index in [0.717, 1.165) is 0 Å². The SMILES string of the molecule is CN1C(=O)C(C(C[N+](=O)[O-])NC(=O)OC(C)(C)C)(n2cccc2)c2ccccc21. The maximum absolute atomic E-state index is 13.6. The second kappa shape index (κ2) is 7.23. The third kappa shape index (κ3) is 3.55. The Morgan fingerprint density at radius 3 is 2.45 bits per heavy atom. The molecule has 9 nitrogen and oxygen atoms in total. The van der Waals surface area contributed by atoms with E-state index in [2.05, 4.69) is 5.32 Å². The minimum Gasteiger partial charge on any atom is -0.444 e. The van der Waals surface area contributed by atoms with Crippen LogP contribution in [-0.4, -0.2) is 46.7 Å². The van der Waals surface area contributed by atoms with Crippen LogP contribution in [0.3, 0.4) is 0 Å². The fraction of sp³-hybridized carbons (Fsp3) is 0.400. The molecular formula is C20H24N4O5. The van der Waals surface area contributed by atoms with E-state index in [0.29, 0.717) is 11.3 Å². The molecule has 0 saturated heterocycles. The number of amides is 2. The standard InChI is InChI=1S/C20H24N4O5/c1-19(2,3)29-18(26)21-16(13-24(27)28)20(23-11-7-8-12-23)14-9-5-6-10-15(14)22(4)17(20)25/h5-12,16H,13H2,1-4H3,(H,21,26). The van der Waals surface area contributed by atoms with E-state index < -0.39 is 34.7 Å². The first-order valence-corrected chi connectivity index (χ1v) is 9.20. The maximum atomic E-state index is 13.6. The Bertz CT molecular complexity index is 935. The first-order chi connectivity index (χ1) is 13.6. The molecule has 1 aromatic heterocycles. The molecule has 2 heterocycles. The predicted molar refractivity (Wildman–Crippen MR) is 106 cm³/mol. The number of nitro groups is 1. The van der Waals surface area contributed by atoms with Gasteiger partial charge in [0.2, 0.25) is 6.54 Å². The monoisotopic (exact) mass is 400 g/mol. The van der Waals surface area contributed by atoms with Gasteiger partial charge in [-0.25, -0.2) is 4.79 Å². The van der Waals surface area contributed by atoms with Gasteiger partial charge in [0.15, 0.2) is 5.54 Å². The number of para-hydroxylation sites is 1. The lowest BCUT2D eigenvalue weighted by Crippen LogP contribution is -2.62. The number of rotatable bonds is 5. The second-order valence-electron chi connectivity index (χ2n) is 7.95. The molecule has 9 heteroatoms. The van der Waals surface area contributed by atoms with Crippen molar-refractivity contribution in [3.8, 4) is 0 Å². The van der Waals surface area contributed by atoms with Crippen molar-refractivity contribution in [2.24, 2.45) is 0 Å². The Labute approximate surface area is 168 Å². The highest BCUT2D eigenvalue weighted by Crippen LogP contribution is 2.44. The summed E-state index contributed by atoms with van der Waals surface area (Å²) in [5.41, 5.74) is -1.10. The fourth-order valence-electron chi connectivity index (χ4n) is 3.79. The lowest BCUT2D eigenvalue weighted by molar-refractivity contribution is -0.485. The van der Waals surface area contributed by atoms with Crippen LogP contribution in [0, 0.1) is 10.1 Å². The summed E-state index contributed by atoms with van der Waals surface area (Å²) in [6, 6.07) is 9.35. The number of fused-ring (bicyclic) bond motifs is 1. The van der Waals surface area contributed by atoms with Crippen molar-refractivity contribution in [2.45, 2.75) is 38.0 Å². The maximum Gasteiger partial charge on any atom is 0.408 e. The number of carbonyl (C=O) groups excluding carboxylic acids is 2. The van der Waals surface area contributed by atoms with Gasteiger partial charge in [-0.2, -0.15) is 0 Å². The van der Waals surface area contributed by atoms with Gasteiger partial charge >= 0.3 is 6.09 Å². The largest absolute Gasteiger partial charge is 0.444 e. The van der Waals surface area contributed by atoms with Crippen LogP contribution in [0.15, 0.2) is 48.8 Å². The van der Waals surface area contributed by atoms with Gasteiger partial charge in [0.1, 0.15) is 11.6 Å². The summed E-state index contributed by atoms with van der Waals surface area (Å²) in [5.74, 6) is -0.377. The number of benzene rings is 1. The Kier molecular flexibility index (Phi) is 5.08. The summed E-state index contributed by atoms with van der Waals surface area (Å²) in [7, 11) is 1.61. The van der Waals surface area contributed by atoms with Crippen molar-refractivity contribution in [2.75, 3.05) is 18.5 Å². The molecule has 29 heavy (non-hydrogen) atoms. The van der Waals surface area contributed by atoms with E-state index in [1.54, 1.807) is 81.2 Å². The van der Waals surface area contributed by atoms with Crippen LogP contribution in [0.4, 0.5) is 10.5 Å². The van der Waals surface area contributed by atoms with Gasteiger partial charge in [0.05, 0.1) is 0 Å². The van der Waals surface area contributed by atoms with Gasteiger partial charge in [-0.1, -0.05) is 18.2 Å². The molecule has 0 aliphatic carbocycles. The second-order valence-corrected chi connectivity index (χ2v) is 7.95. The zero-order chi connectivity index (χ0) is 21.4. The van der Waals surface area contributed by atoms with E-state index in [4.69, 9.17) is 4.74 Å². The Balaban J connectivity index is 2.18. The van der Waals surface area contributed by atoms with Gasteiger partial charge in [-0.05, 0) is 39.0 Å². The van der Waals surface area contributed by atoms with Crippen LogP contribution < -0.4 is 10.2 Å². The van der Waals surface area contributed by atoms with Crippen LogP contribution in [0.1, 0.15) is 26.3 Å². The minimum absolute atomic E-state index is 0.377. The molecule has 2 aromatic rings. The molecule has 0 radical (unpaired) electrons. The zero-order valence-corrected chi connectivity index (χ0v) is 16.8. The first kappa shape index (κ1) is 20.4. The molecular weight excluding hydrogens is 376 g/mol. The van der Waals surface area contributed by atoms with Gasteiger partial charge in [-0.3, -0.25) is 14.9 Å². The van der Waals surface area contributed by atoms with Crippen molar-refractivity contribution in [3.05, 3.63) is 64.5 Å². The molecule has 0 saturated carbocycles. The Morgan fingerprint density at radius 1 is 1.24 bits per heavy atom. The molecule has 1 aliphatic heterocycles. The van der Waals surface area contributed by atoms with Gasteiger partial charge in [0, 0.05) is 35.6 Å². The molecule has 0 bridgehead atoms. The van der Waals surface area contributed by atoms with Gasteiger partial charge in [0.25, 0.3) is 5.91 Å². The van der Waals surface area contributed by atoms with Gasteiger partial charge in [-0.15, -0.1) is 0 Å². The summed E-state index contributed by atoms with van der Waals surface area (Å²) in [6.07, 6.45) is 2.51. The van der Waals surface area contributed by atoms with Crippen molar-refractivity contribution < 1.29 is 19.2 Å². The quantitative estimate of drug-likeness (QED) is 0.613. The number of ether oxygens (including phenoxy) is 1. The number of hydrogen-bond donors (Lipinski definition) is 1. The summed E-state index contributed by atoms with van der Waals surface area (Å²) in [6.45, 7) is 4.42. The van der Waals surface area contributed by atoms with Crippen LogP contribution in [0.2, 0.25) is 0 Å². The van der Waals surface area contributed by atoms with E-state index in [1.807, 2.05) is 0 Å². The molecule has 0 fully saturated rings. The average Bonchev–Trinajstić information content (AvgIpc) is 3.20. The van der Waals surface area contributed by atoms with Crippen molar-refractivity contribution in [1.29, 1.82) is 0 Å². The lowest BCUT2D eigenvalue weighted by atomic mass is 9.83. The fourth-order valence-corrected chi connectivity index (χ4v) is 3.79. The zero-order valence-electron chi connectivity index (χ0n) is 16.8. The summed E-state index contributed by atoms with van der Waals surface area (Å²) < 4.78 is 6.93. The third-order valence-electron chi connectivity index (χ3n) is 4.85. The summed E-state index contributed by atoms with van der Waals surface area (Å²) >= 11 is 0. The van der Waals surface area contributed by atoms with Crippen LogP contribution >= 0.6 is 0 Å². The molecule has 2 amide bonds. The van der Waals surface area contributed by atoms with Crippen LogP contribution in [-0.2, 0) is 15.1 Å². The lowest BCUT2D eigenvalue weighted by Gasteiger charge is -2.36. The first-order valence-electron chi connectivity index (χ1n) is 9.20. The molecule has 3 rings (SSSR count). The molecule has 2 unspecified atom stereocenters. The number of aromatic nitrogens is 1. The number of alkyl carbamates (subject to hydrolysis) is 1.